The molecule has 1 rings (SSSR count). The molecule has 0 aliphatic carbocycles. The van der Waals surface area contributed by atoms with Gasteiger partial charge in [0.1, 0.15) is 0 Å². The van der Waals surface area contributed by atoms with Crippen LogP contribution in [-0.2, 0) is 4.79 Å². The Morgan fingerprint density at radius 2 is 1.79 bits per heavy atom. The first-order valence-electron chi connectivity index (χ1n) is 6.86. The molecule has 0 spiro atoms. The van der Waals surface area contributed by atoms with E-state index in [1.807, 2.05) is 12.1 Å². The number of amides is 1. The van der Waals surface area contributed by atoms with Gasteiger partial charge in [-0.3, -0.25) is 4.79 Å². The summed E-state index contributed by atoms with van der Waals surface area (Å²) in [5.74, 6) is 0.529. The van der Waals surface area contributed by atoms with Crippen molar-refractivity contribution in [1.29, 1.82) is 0 Å². The van der Waals surface area contributed by atoms with Crippen molar-refractivity contribution in [1.82, 2.24) is 5.32 Å². The smallest absolute Gasteiger partial charge is 0.220 e. The number of nitrogens with two attached hydrogens (primary N) is 2. The summed E-state index contributed by atoms with van der Waals surface area (Å²) in [6.45, 7) is 5.32. The molecule has 4 heteroatoms. The van der Waals surface area contributed by atoms with E-state index in [-0.39, 0.29) is 11.9 Å². The summed E-state index contributed by atoms with van der Waals surface area (Å²) in [4.78, 5) is 11.5. The maximum absolute atomic E-state index is 11.5. The van der Waals surface area contributed by atoms with E-state index in [4.69, 9.17) is 11.5 Å². The van der Waals surface area contributed by atoms with E-state index >= 15 is 0 Å². The second kappa shape index (κ2) is 7.92. The third-order valence-corrected chi connectivity index (χ3v) is 3.16. The molecule has 0 saturated carbocycles. The van der Waals surface area contributed by atoms with Crippen molar-refractivity contribution in [2.24, 2.45) is 11.5 Å². The van der Waals surface area contributed by atoms with Crippen molar-refractivity contribution in [2.45, 2.75) is 38.6 Å². The van der Waals surface area contributed by atoms with Gasteiger partial charge in [-0.05, 0) is 30.0 Å². The Kier molecular flexibility index (Phi) is 6.53. The number of carbonyl (C=O) groups is 1. The summed E-state index contributed by atoms with van der Waals surface area (Å²) in [5.41, 5.74) is 13.8. The summed E-state index contributed by atoms with van der Waals surface area (Å²) >= 11 is 0. The molecule has 0 aliphatic rings. The van der Waals surface area contributed by atoms with Crippen LogP contribution in [0.5, 0.6) is 0 Å². The molecule has 19 heavy (non-hydrogen) atoms. The molecule has 1 aromatic carbocycles. The SMILES string of the molecule is CC(C)c1ccc(C(N)CNC(=O)CCCN)cc1. The summed E-state index contributed by atoms with van der Waals surface area (Å²) < 4.78 is 0. The van der Waals surface area contributed by atoms with Crippen LogP contribution in [0.3, 0.4) is 0 Å². The Morgan fingerprint density at radius 1 is 1.21 bits per heavy atom. The minimum absolute atomic E-state index is 0.0136. The molecule has 1 atom stereocenters. The van der Waals surface area contributed by atoms with Crippen LogP contribution in [0.1, 0.15) is 49.8 Å². The molecule has 0 radical (unpaired) electrons. The van der Waals surface area contributed by atoms with Gasteiger partial charge in [-0.15, -0.1) is 0 Å². The minimum Gasteiger partial charge on any atom is -0.354 e. The average Bonchev–Trinajstić information content (AvgIpc) is 2.42. The maximum Gasteiger partial charge on any atom is 0.220 e. The zero-order chi connectivity index (χ0) is 14.3. The number of hydrogen-bond donors (Lipinski definition) is 3. The van der Waals surface area contributed by atoms with E-state index < -0.39 is 0 Å². The number of benzene rings is 1. The zero-order valence-electron chi connectivity index (χ0n) is 11.9. The Balaban J connectivity index is 2.44. The van der Waals surface area contributed by atoms with Crippen LogP contribution in [0.25, 0.3) is 0 Å². The van der Waals surface area contributed by atoms with Crippen molar-refractivity contribution in [3.05, 3.63) is 35.4 Å². The molecule has 1 amide bonds. The Morgan fingerprint density at radius 3 is 2.32 bits per heavy atom. The number of carbonyl (C=O) groups excluding carboxylic acids is 1. The van der Waals surface area contributed by atoms with Gasteiger partial charge in [0, 0.05) is 19.0 Å². The molecule has 1 unspecified atom stereocenters. The van der Waals surface area contributed by atoms with Crippen LogP contribution >= 0.6 is 0 Å². The highest BCUT2D eigenvalue weighted by molar-refractivity contribution is 5.75. The highest BCUT2D eigenvalue weighted by Gasteiger charge is 2.08. The minimum atomic E-state index is -0.164. The van der Waals surface area contributed by atoms with E-state index in [2.05, 4.69) is 31.3 Å². The largest absolute Gasteiger partial charge is 0.354 e. The monoisotopic (exact) mass is 263 g/mol. The van der Waals surface area contributed by atoms with Gasteiger partial charge in [0.15, 0.2) is 0 Å². The first kappa shape index (κ1) is 15.7. The highest BCUT2D eigenvalue weighted by atomic mass is 16.1. The molecule has 1 aromatic rings. The van der Waals surface area contributed by atoms with Crippen molar-refractivity contribution in [3.63, 3.8) is 0 Å². The van der Waals surface area contributed by atoms with Crippen molar-refractivity contribution >= 4 is 5.91 Å². The lowest BCUT2D eigenvalue weighted by Gasteiger charge is -2.14. The Labute approximate surface area is 115 Å². The van der Waals surface area contributed by atoms with Crippen molar-refractivity contribution in [2.75, 3.05) is 13.1 Å². The molecule has 4 nitrogen and oxygen atoms in total. The third kappa shape index (κ3) is 5.41. The predicted molar refractivity (Wildman–Crippen MR) is 78.8 cm³/mol. The molecule has 0 saturated heterocycles. The summed E-state index contributed by atoms with van der Waals surface area (Å²) in [7, 11) is 0. The first-order valence-corrected chi connectivity index (χ1v) is 6.86. The van der Waals surface area contributed by atoms with Gasteiger partial charge in [0.2, 0.25) is 5.91 Å². The summed E-state index contributed by atoms with van der Waals surface area (Å²) in [5, 5.41) is 2.83. The van der Waals surface area contributed by atoms with Crippen LogP contribution in [0.4, 0.5) is 0 Å². The number of hydrogen-bond acceptors (Lipinski definition) is 3. The van der Waals surface area contributed by atoms with Crippen LogP contribution in [0.15, 0.2) is 24.3 Å². The van der Waals surface area contributed by atoms with Gasteiger partial charge in [0.05, 0.1) is 0 Å². The zero-order valence-corrected chi connectivity index (χ0v) is 11.9. The van der Waals surface area contributed by atoms with Crippen molar-refractivity contribution < 1.29 is 4.79 Å². The quantitative estimate of drug-likeness (QED) is 0.700. The molecule has 0 aromatic heterocycles. The van der Waals surface area contributed by atoms with Gasteiger partial charge in [0.25, 0.3) is 0 Å². The number of rotatable bonds is 7. The van der Waals surface area contributed by atoms with E-state index in [1.165, 1.54) is 5.56 Å². The van der Waals surface area contributed by atoms with E-state index in [0.717, 1.165) is 5.56 Å². The van der Waals surface area contributed by atoms with Crippen molar-refractivity contribution in [3.8, 4) is 0 Å². The molecular formula is C15H25N3O. The van der Waals surface area contributed by atoms with Crippen LogP contribution in [0.2, 0.25) is 0 Å². The average molecular weight is 263 g/mol. The lowest BCUT2D eigenvalue weighted by atomic mass is 9.99. The third-order valence-electron chi connectivity index (χ3n) is 3.16. The molecule has 106 valence electrons. The first-order chi connectivity index (χ1) is 9.04. The molecule has 0 fully saturated rings. The van der Waals surface area contributed by atoms with E-state index in [9.17, 15) is 4.79 Å². The molecule has 0 aliphatic heterocycles. The fourth-order valence-electron chi connectivity index (χ4n) is 1.82. The topological polar surface area (TPSA) is 81.1 Å². The second-order valence-electron chi connectivity index (χ2n) is 5.12. The lowest BCUT2D eigenvalue weighted by Crippen LogP contribution is -2.32. The fraction of sp³-hybridized carbons (Fsp3) is 0.533. The second-order valence-corrected chi connectivity index (χ2v) is 5.12. The van der Waals surface area contributed by atoms with E-state index in [1.54, 1.807) is 0 Å². The molecular weight excluding hydrogens is 238 g/mol. The number of nitrogens with one attached hydrogen (secondary N) is 1. The molecule has 0 heterocycles. The van der Waals surface area contributed by atoms with Gasteiger partial charge < -0.3 is 16.8 Å². The van der Waals surface area contributed by atoms with Gasteiger partial charge in [-0.25, -0.2) is 0 Å². The standard InChI is InChI=1S/C15H25N3O/c1-11(2)12-5-7-13(8-6-12)14(17)10-18-15(19)4-3-9-16/h5-8,11,14H,3-4,9-10,16-17H2,1-2H3,(H,18,19). The van der Waals surface area contributed by atoms with Crippen LogP contribution in [-0.4, -0.2) is 19.0 Å². The lowest BCUT2D eigenvalue weighted by molar-refractivity contribution is -0.121. The Bertz CT molecular complexity index is 387. The predicted octanol–water partition coefficient (Wildman–Crippen LogP) is 1.66. The molecule has 0 bridgehead atoms. The Hall–Kier alpha value is -1.39. The highest BCUT2D eigenvalue weighted by Crippen LogP contribution is 2.17. The summed E-state index contributed by atoms with van der Waals surface area (Å²) in [6, 6.07) is 8.09. The molecule has 5 N–H and O–H groups in total. The maximum atomic E-state index is 11.5. The van der Waals surface area contributed by atoms with E-state index in [0.29, 0.717) is 31.8 Å². The van der Waals surface area contributed by atoms with Gasteiger partial charge in [-0.2, -0.15) is 0 Å². The van der Waals surface area contributed by atoms with Gasteiger partial charge in [-0.1, -0.05) is 38.1 Å². The summed E-state index contributed by atoms with van der Waals surface area (Å²) in [6.07, 6.45) is 1.18. The normalized spacial score (nSPS) is 12.5. The van der Waals surface area contributed by atoms with Crippen LogP contribution < -0.4 is 16.8 Å². The van der Waals surface area contributed by atoms with Gasteiger partial charge >= 0.3 is 0 Å². The fourth-order valence-corrected chi connectivity index (χ4v) is 1.82. The van der Waals surface area contributed by atoms with Crippen LogP contribution in [0, 0.1) is 0 Å².